The predicted molar refractivity (Wildman–Crippen MR) is 81.1 cm³/mol. The van der Waals surface area contributed by atoms with Crippen LogP contribution in [0.5, 0.6) is 11.5 Å². The molecular formula is C16H17NO6. The summed E-state index contributed by atoms with van der Waals surface area (Å²) in [6, 6.07) is 7.52. The molecule has 0 saturated carbocycles. The van der Waals surface area contributed by atoms with Gasteiger partial charge in [0.05, 0.1) is 20.3 Å². The van der Waals surface area contributed by atoms with Crippen molar-refractivity contribution in [2.24, 2.45) is 0 Å². The van der Waals surface area contributed by atoms with Crippen molar-refractivity contribution in [3.63, 3.8) is 0 Å². The lowest BCUT2D eigenvalue weighted by Crippen LogP contribution is -2.26. The van der Waals surface area contributed by atoms with E-state index < -0.39 is 11.9 Å². The van der Waals surface area contributed by atoms with Crippen LogP contribution in [0, 0.1) is 0 Å². The van der Waals surface area contributed by atoms with Crippen molar-refractivity contribution in [3.05, 3.63) is 47.4 Å². The molecule has 2 N–H and O–H groups in total. The van der Waals surface area contributed by atoms with Crippen LogP contribution in [0.25, 0.3) is 0 Å². The van der Waals surface area contributed by atoms with Crippen molar-refractivity contribution in [2.75, 3.05) is 14.2 Å². The van der Waals surface area contributed by atoms with Crippen LogP contribution in [0.2, 0.25) is 0 Å². The molecule has 122 valence electrons. The molecule has 0 fully saturated rings. The second-order valence-electron chi connectivity index (χ2n) is 4.78. The molecule has 2 aromatic rings. The number of furan rings is 1. The van der Waals surface area contributed by atoms with Crippen molar-refractivity contribution in [1.82, 2.24) is 5.32 Å². The average Bonchev–Trinajstić information content (AvgIpc) is 3.04. The van der Waals surface area contributed by atoms with Gasteiger partial charge in [-0.05, 0) is 36.8 Å². The van der Waals surface area contributed by atoms with Gasteiger partial charge in [0.15, 0.2) is 17.3 Å². The van der Waals surface area contributed by atoms with E-state index in [1.165, 1.54) is 19.2 Å². The fourth-order valence-corrected chi connectivity index (χ4v) is 2.05. The van der Waals surface area contributed by atoms with Crippen molar-refractivity contribution < 1.29 is 28.6 Å². The highest BCUT2D eigenvalue weighted by Gasteiger charge is 2.18. The number of ether oxygens (including phenoxy) is 2. The largest absolute Gasteiger partial charge is 0.493 e. The fraction of sp³-hybridized carbons (Fsp3) is 0.250. The van der Waals surface area contributed by atoms with Crippen molar-refractivity contribution in [1.29, 1.82) is 0 Å². The van der Waals surface area contributed by atoms with Gasteiger partial charge in [-0.2, -0.15) is 0 Å². The van der Waals surface area contributed by atoms with Crippen LogP contribution in [-0.4, -0.2) is 31.2 Å². The first-order valence-corrected chi connectivity index (χ1v) is 6.82. The number of methoxy groups -OCH3 is 2. The number of carbonyl (C=O) groups excluding carboxylic acids is 1. The molecule has 7 nitrogen and oxygen atoms in total. The molecule has 0 bridgehead atoms. The molecule has 7 heteroatoms. The summed E-state index contributed by atoms with van der Waals surface area (Å²) in [6.07, 6.45) is 0. The molecule has 1 aromatic carbocycles. The maximum absolute atomic E-state index is 12.1. The zero-order valence-corrected chi connectivity index (χ0v) is 13.0. The molecule has 1 amide bonds. The van der Waals surface area contributed by atoms with E-state index in [-0.39, 0.29) is 17.6 Å². The van der Waals surface area contributed by atoms with Crippen LogP contribution in [0.3, 0.4) is 0 Å². The van der Waals surface area contributed by atoms with Crippen molar-refractivity contribution >= 4 is 11.9 Å². The molecule has 2 rings (SSSR count). The number of hydrogen-bond donors (Lipinski definition) is 2. The third-order valence-electron chi connectivity index (χ3n) is 3.30. The molecule has 0 aliphatic rings. The van der Waals surface area contributed by atoms with E-state index in [1.807, 2.05) is 0 Å². The monoisotopic (exact) mass is 319 g/mol. The zero-order chi connectivity index (χ0) is 17.0. The summed E-state index contributed by atoms with van der Waals surface area (Å²) in [6.45, 7) is 1.79. The van der Waals surface area contributed by atoms with E-state index in [0.29, 0.717) is 11.5 Å². The Kier molecular flexibility index (Phi) is 4.90. The van der Waals surface area contributed by atoms with Crippen LogP contribution in [0.4, 0.5) is 0 Å². The summed E-state index contributed by atoms with van der Waals surface area (Å²) in [5, 5.41) is 11.5. The highest BCUT2D eigenvalue weighted by molar-refractivity contribution is 5.93. The highest BCUT2D eigenvalue weighted by atomic mass is 16.5. The summed E-state index contributed by atoms with van der Waals surface area (Å²) in [7, 11) is 3.07. The maximum Gasteiger partial charge on any atom is 0.371 e. The van der Waals surface area contributed by atoms with Crippen LogP contribution >= 0.6 is 0 Å². The molecule has 0 aliphatic heterocycles. The first-order chi connectivity index (χ1) is 11.0. The number of carbonyl (C=O) groups is 2. The lowest BCUT2D eigenvalue weighted by atomic mass is 10.1. The minimum atomic E-state index is -1.23. The molecule has 0 spiro atoms. The smallest absolute Gasteiger partial charge is 0.371 e. The average molecular weight is 319 g/mol. The topological polar surface area (TPSA) is 98.0 Å². The Bertz CT molecular complexity index is 721. The van der Waals surface area contributed by atoms with Crippen LogP contribution in [0.15, 0.2) is 34.7 Å². The number of benzene rings is 1. The molecule has 1 atom stereocenters. The van der Waals surface area contributed by atoms with Gasteiger partial charge in [0.25, 0.3) is 5.91 Å². The summed E-state index contributed by atoms with van der Waals surface area (Å²) in [5.41, 5.74) is 0.806. The summed E-state index contributed by atoms with van der Waals surface area (Å²) in [4.78, 5) is 22.8. The Hall–Kier alpha value is -2.96. The third kappa shape index (κ3) is 3.63. The molecule has 23 heavy (non-hydrogen) atoms. The lowest BCUT2D eigenvalue weighted by Gasteiger charge is -2.16. The molecular weight excluding hydrogens is 302 g/mol. The van der Waals surface area contributed by atoms with Crippen LogP contribution in [0.1, 0.15) is 39.6 Å². The molecule has 0 saturated heterocycles. The van der Waals surface area contributed by atoms with Gasteiger partial charge in [-0.25, -0.2) is 4.79 Å². The van der Waals surface area contributed by atoms with Crippen LogP contribution in [-0.2, 0) is 0 Å². The molecule has 0 radical (unpaired) electrons. The van der Waals surface area contributed by atoms with Gasteiger partial charge in [0.1, 0.15) is 0 Å². The van der Waals surface area contributed by atoms with Crippen molar-refractivity contribution in [2.45, 2.75) is 13.0 Å². The van der Waals surface area contributed by atoms with Gasteiger partial charge in [-0.1, -0.05) is 6.07 Å². The van der Waals surface area contributed by atoms with E-state index in [0.717, 1.165) is 5.56 Å². The standard InChI is InChI=1S/C16H17NO6/c1-9(10-4-5-11(21-2)14(8-10)22-3)17-15(18)12-6-7-13(23-12)16(19)20/h4-9H,1-3H3,(H,17,18)(H,19,20)/t9-/m1/s1. The number of amides is 1. The van der Waals surface area contributed by atoms with Crippen molar-refractivity contribution in [3.8, 4) is 11.5 Å². The van der Waals surface area contributed by atoms with Gasteiger partial charge in [0.2, 0.25) is 5.76 Å². The Morgan fingerprint density at radius 3 is 2.30 bits per heavy atom. The number of aromatic carboxylic acids is 1. The lowest BCUT2D eigenvalue weighted by molar-refractivity contribution is 0.0659. The minimum Gasteiger partial charge on any atom is -0.493 e. The number of carboxylic acid groups (broad SMARTS) is 1. The Morgan fingerprint density at radius 2 is 1.74 bits per heavy atom. The molecule has 1 aromatic heterocycles. The van der Waals surface area contributed by atoms with E-state index in [4.69, 9.17) is 19.0 Å². The minimum absolute atomic E-state index is 0.0604. The fourth-order valence-electron chi connectivity index (χ4n) is 2.05. The van der Waals surface area contributed by atoms with Gasteiger partial charge < -0.3 is 24.3 Å². The number of nitrogens with one attached hydrogen (secondary N) is 1. The Morgan fingerprint density at radius 1 is 1.09 bits per heavy atom. The van der Waals surface area contributed by atoms with Crippen LogP contribution < -0.4 is 14.8 Å². The highest BCUT2D eigenvalue weighted by Crippen LogP contribution is 2.30. The normalized spacial score (nSPS) is 11.6. The van der Waals surface area contributed by atoms with E-state index in [2.05, 4.69) is 5.32 Å². The second kappa shape index (κ2) is 6.87. The summed E-state index contributed by atoms with van der Waals surface area (Å²) in [5.74, 6) is -0.926. The zero-order valence-electron chi connectivity index (χ0n) is 13.0. The van der Waals surface area contributed by atoms with E-state index >= 15 is 0 Å². The first kappa shape index (κ1) is 16.4. The second-order valence-corrected chi connectivity index (χ2v) is 4.78. The van der Waals surface area contributed by atoms with Gasteiger partial charge >= 0.3 is 5.97 Å². The number of hydrogen-bond acceptors (Lipinski definition) is 5. The quantitative estimate of drug-likeness (QED) is 0.849. The maximum atomic E-state index is 12.1. The third-order valence-corrected chi connectivity index (χ3v) is 3.30. The molecule has 0 unspecified atom stereocenters. The SMILES string of the molecule is COc1ccc([C@@H](C)NC(=O)c2ccc(C(=O)O)o2)cc1OC. The van der Waals surface area contributed by atoms with E-state index in [1.54, 1.807) is 32.2 Å². The van der Waals surface area contributed by atoms with Gasteiger partial charge in [-0.3, -0.25) is 4.79 Å². The Balaban J connectivity index is 2.12. The van der Waals surface area contributed by atoms with Gasteiger partial charge in [0, 0.05) is 0 Å². The number of carboxylic acids is 1. The Labute approximate surface area is 132 Å². The predicted octanol–water partition coefficient (Wildman–Crippen LogP) is 2.49. The number of rotatable bonds is 6. The van der Waals surface area contributed by atoms with Gasteiger partial charge in [-0.15, -0.1) is 0 Å². The molecule has 1 heterocycles. The molecule has 0 aliphatic carbocycles. The summed E-state index contributed by atoms with van der Waals surface area (Å²) >= 11 is 0. The first-order valence-electron chi connectivity index (χ1n) is 6.82. The van der Waals surface area contributed by atoms with E-state index in [9.17, 15) is 9.59 Å². The summed E-state index contributed by atoms with van der Waals surface area (Å²) < 4.78 is 15.4.